The quantitative estimate of drug-likeness (QED) is 0.879. The molecule has 1 amide bonds. The molecule has 0 spiro atoms. The molecule has 1 unspecified atom stereocenters. The monoisotopic (exact) mass is 297 g/mol. The summed E-state index contributed by atoms with van der Waals surface area (Å²) < 4.78 is 27.2. The topological polar surface area (TPSA) is 69.7 Å². The van der Waals surface area contributed by atoms with E-state index in [9.17, 15) is 13.2 Å². The Morgan fingerprint density at radius 2 is 1.85 bits per heavy atom. The number of carbonyl (C=O) groups excluding carboxylic acids is 1. The molecular weight excluding hydrogens is 278 g/mol. The van der Waals surface area contributed by atoms with E-state index in [2.05, 4.69) is 4.72 Å². The third-order valence-corrected chi connectivity index (χ3v) is 4.86. The molecule has 20 heavy (non-hydrogen) atoms. The van der Waals surface area contributed by atoms with Crippen molar-refractivity contribution in [3.05, 3.63) is 29.8 Å². The van der Waals surface area contributed by atoms with Gasteiger partial charge in [0.15, 0.2) is 0 Å². The van der Waals surface area contributed by atoms with Crippen LogP contribution in [0.15, 0.2) is 24.3 Å². The van der Waals surface area contributed by atoms with Crippen LogP contribution in [0.5, 0.6) is 0 Å². The van der Waals surface area contributed by atoms with Crippen LogP contribution in [0.3, 0.4) is 0 Å². The van der Waals surface area contributed by atoms with Crippen LogP contribution in [0.1, 0.15) is 12.0 Å². The highest BCUT2D eigenvalue weighted by Crippen LogP contribution is 2.22. The Morgan fingerprint density at radius 3 is 2.40 bits per heavy atom. The van der Waals surface area contributed by atoms with E-state index in [1.807, 2.05) is 31.2 Å². The Morgan fingerprint density at radius 1 is 1.25 bits per heavy atom. The fourth-order valence-corrected chi connectivity index (χ4v) is 2.87. The van der Waals surface area contributed by atoms with Crippen molar-refractivity contribution >= 4 is 21.8 Å². The van der Waals surface area contributed by atoms with Crippen molar-refractivity contribution in [2.24, 2.45) is 0 Å². The van der Waals surface area contributed by atoms with Gasteiger partial charge in [-0.15, -0.1) is 0 Å². The summed E-state index contributed by atoms with van der Waals surface area (Å²) in [6, 6.07) is 7.21. The number of hydrogen-bond donors (Lipinski definition) is 1. The van der Waals surface area contributed by atoms with Crippen LogP contribution < -0.4 is 9.62 Å². The Labute approximate surface area is 119 Å². The van der Waals surface area contributed by atoms with Crippen LogP contribution in [0.2, 0.25) is 0 Å². The lowest BCUT2D eigenvalue weighted by molar-refractivity contribution is -0.117. The number of benzene rings is 1. The fraction of sp³-hybridized carbons (Fsp3) is 0.462. The minimum absolute atomic E-state index is 0.0692. The zero-order chi connectivity index (χ0) is 14.9. The van der Waals surface area contributed by atoms with Crippen LogP contribution in [0, 0.1) is 6.92 Å². The van der Waals surface area contributed by atoms with Crippen molar-refractivity contribution in [1.29, 1.82) is 0 Å². The van der Waals surface area contributed by atoms with E-state index in [0.29, 0.717) is 6.54 Å². The second kappa shape index (κ2) is 5.51. The van der Waals surface area contributed by atoms with Gasteiger partial charge in [0, 0.05) is 38.8 Å². The standard InChI is InChI=1S/C13H19N3O3S/c1-10-4-6-12(7-5-10)16-9-11(8-13(16)17)14-20(18,19)15(2)3/h4-7,11,14H,8-9H2,1-3H3. The molecule has 1 fully saturated rings. The fourth-order valence-electron chi connectivity index (χ4n) is 2.08. The number of carbonyl (C=O) groups is 1. The summed E-state index contributed by atoms with van der Waals surface area (Å²) in [4.78, 5) is 13.6. The summed E-state index contributed by atoms with van der Waals surface area (Å²) >= 11 is 0. The van der Waals surface area contributed by atoms with Crippen molar-refractivity contribution in [2.75, 3.05) is 25.5 Å². The molecule has 7 heteroatoms. The van der Waals surface area contributed by atoms with Gasteiger partial charge in [-0.25, -0.2) is 0 Å². The zero-order valence-electron chi connectivity index (χ0n) is 11.8. The van der Waals surface area contributed by atoms with Gasteiger partial charge in [0.2, 0.25) is 5.91 Å². The summed E-state index contributed by atoms with van der Waals surface area (Å²) in [5.41, 5.74) is 1.91. The molecule has 0 saturated carbocycles. The lowest BCUT2D eigenvalue weighted by atomic mass is 10.2. The zero-order valence-corrected chi connectivity index (χ0v) is 12.6. The third-order valence-electron chi connectivity index (χ3n) is 3.27. The number of anilines is 1. The summed E-state index contributed by atoms with van der Waals surface area (Å²) in [6.45, 7) is 2.33. The molecular formula is C13H19N3O3S. The Kier molecular flexibility index (Phi) is 4.12. The van der Waals surface area contributed by atoms with E-state index >= 15 is 0 Å². The van der Waals surface area contributed by atoms with Gasteiger partial charge in [-0.05, 0) is 19.1 Å². The van der Waals surface area contributed by atoms with Crippen molar-refractivity contribution < 1.29 is 13.2 Å². The van der Waals surface area contributed by atoms with E-state index in [-0.39, 0.29) is 12.3 Å². The number of rotatable bonds is 4. The first kappa shape index (κ1) is 15.0. The van der Waals surface area contributed by atoms with Crippen molar-refractivity contribution in [2.45, 2.75) is 19.4 Å². The van der Waals surface area contributed by atoms with Crippen molar-refractivity contribution in [3.8, 4) is 0 Å². The lowest BCUT2D eigenvalue weighted by Gasteiger charge is -2.19. The van der Waals surface area contributed by atoms with Crippen LogP contribution in [-0.4, -0.2) is 45.3 Å². The normalized spacial score (nSPS) is 19.9. The minimum Gasteiger partial charge on any atom is -0.311 e. The maximum atomic E-state index is 12.0. The molecule has 1 aliphatic rings. The Bertz CT molecular complexity index is 596. The average molecular weight is 297 g/mol. The van der Waals surface area contributed by atoms with Gasteiger partial charge in [0.05, 0.1) is 0 Å². The van der Waals surface area contributed by atoms with Gasteiger partial charge in [0.1, 0.15) is 0 Å². The van der Waals surface area contributed by atoms with E-state index in [1.165, 1.54) is 14.1 Å². The van der Waals surface area contributed by atoms with Gasteiger partial charge < -0.3 is 4.90 Å². The molecule has 1 atom stereocenters. The first-order valence-corrected chi connectivity index (χ1v) is 7.80. The second-order valence-corrected chi connectivity index (χ2v) is 7.06. The number of aryl methyl sites for hydroxylation is 1. The third kappa shape index (κ3) is 3.17. The van der Waals surface area contributed by atoms with E-state index < -0.39 is 16.3 Å². The van der Waals surface area contributed by atoms with Gasteiger partial charge in [-0.1, -0.05) is 17.7 Å². The SMILES string of the molecule is Cc1ccc(N2CC(NS(=O)(=O)N(C)C)CC2=O)cc1. The minimum atomic E-state index is -3.51. The molecule has 0 radical (unpaired) electrons. The highest BCUT2D eigenvalue weighted by atomic mass is 32.2. The molecule has 1 aromatic carbocycles. The molecule has 1 saturated heterocycles. The maximum absolute atomic E-state index is 12.0. The molecule has 1 aliphatic heterocycles. The molecule has 1 heterocycles. The summed E-state index contributed by atoms with van der Waals surface area (Å²) in [6.07, 6.45) is 0.181. The van der Waals surface area contributed by atoms with Gasteiger partial charge in [-0.2, -0.15) is 17.4 Å². The highest BCUT2D eigenvalue weighted by molar-refractivity contribution is 7.87. The molecule has 0 aliphatic carbocycles. The first-order chi connectivity index (χ1) is 9.29. The highest BCUT2D eigenvalue weighted by Gasteiger charge is 2.33. The summed E-state index contributed by atoms with van der Waals surface area (Å²) in [7, 11) is -0.603. The molecule has 6 nitrogen and oxygen atoms in total. The smallest absolute Gasteiger partial charge is 0.279 e. The van der Waals surface area contributed by atoms with Crippen LogP contribution in [-0.2, 0) is 15.0 Å². The van der Waals surface area contributed by atoms with Crippen LogP contribution >= 0.6 is 0 Å². The Hall–Kier alpha value is -1.44. The van der Waals surface area contributed by atoms with E-state index in [4.69, 9.17) is 0 Å². The number of nitrogens with zero attached hydrogens (tertiary/aromatic N) is 2. The van der Waals surface area contributed by atoms with Gasteiger partial charge >= 0.3 is 0 Å². The lowest BCUT2D eigenvalue weighted by Crippen LogP contribution is -2.43. The largest absolute Gasteiger partial charge is 0.311 e. The first-order valence-electron chi connectivity index (χ1n) is 6.36. The van der Waals surface area contributed by atoms with Crippen LogP contribution in [0.25, 0.3) is 0 Å². The molecule has 0 aromatic heterocycles. The van der Waals surface area contributed by atoms with Crippen molar-refractivity contribution in [1.82, 2.24) is 9.03 Å². The van der Waals surface area contributed by atoms with Gasteiger partial charge in [-0.3, -0.25) is 4.79 Å². The van der Waals surface area contributed by atoms with Gasteiger partial charge in [0.25, 0.3) is 10.2 Å². The molecule has 1 N–H and O–H groups in total. The molecule has 1 aromatic rings. The predicted molar refractivity (Wildman–Crippen MR) is 77.7 cm³/mol. The molecule has 110 valence electrons. The number of hydrogen-bond acceptors (Lipinski definition) is 3. The van der Waals surface area contributed by atoms with Crippen molar-refractivity contribution in [3.63, 3.8) is 0 Å². The van der Waals surface area contributed by atoms with E-state index in [1.54, 1.807) is 4.90 Å². The Balaban J connectivity index is 2.10. The second-order valence-electron chi connectivity index (χ2n) is 5.15. The average Bonchev–Trinajstić information content (AvgIpc) is 2.70. The maximum Gasteiger partial charge on any atom is 0.279 e. The number of nitrogens with one attached hydrogen (secondary N) is 1. The van der Waals surface area contributed by atoms with Crippen LogP contribution in [0.4, 0.5) is 5.69 Å². The summed E-state index contributed by atoms with van der Waals surface area (Å²) in [5.74, 6) is -0.0692. The number of amides is 1. The predicted octanol–water partition coefficient (Wildman–Crippen LogP) is 0.496. The van der Waals surface area contributed by atoms with E-state index in [0.717, 1.165) is 15.6 Å². The summed E-state index contributed by atoms with van der Waals surface area (Å²) in [5, 5.41) is 0. The molecule has 0 bridgehead atoms. The molecule has 2 rings (SSSR count).